The number of nitrogens with zero attached hydrogens (tertiary/aromatic N) is 2. The molecule has 3 rings (SSSR count). The van der Waals surface area contributed by atoms with E-state index in [0.717, 1.165) is 12.1 Å². The molecular weight excluding hydrogens is 331 g/mol. The lowest BCUT2D eigenvalue weighted by Crippen LogP contribution is -2.51. The Kier molecular flexibility index (Phi) is 4.00. The molecule has 1 aliphatic heterocycles. The van der Waals surface area contributed by atoms with Crippen molar-refractivity contribution in [2.75, 3.05) is 26.2 Å². The van der Waals surface area contributed by atoms with Crippen LogP contribution in [-0.4, -0.2) is 56.9 Å². The molecule has 0 radical (unpaired) electrons. The molecule has 0 N–H and O–H groups in total. The van der Waals surface area contributed by atoms with Crippen molar-refractivity contribution >= 4 is 20.0 Å². The van der Waals surface area contributed by atoms with Gasteiger partial charge in [-0.05, 0) is 37.1 Å². The van der Waals surface area contributed by atoms with Crippen LogP contribution in [0, 0.1) is 5.82 Å². The minimum Gasteiger partial charge on any atom is -0.212 e. The molecule has 0 spiro atoms. The van der Waals surface area contributed by atoms with Gasteiger partial charge in [-0.2, -0.15) is 8.61 Å². The molecule has 1 aromatic carbocycles. The zero-order valence-corrected chi connectivity index (χ0v) is 13.5. The number of benzene rings is 1. The minimum absolute atomic E-state index is 0.0207. The van der Waals surface area contributed by atoms with Gasteiger partial charge in [-0.3, -0.25) is 0 Å². The van der Waals surface area contributed by atoms with Crippen LogP contribution in [0.1, 0.15) is 12.8 Å². The highest BCUT2D eigenvalue weighted by Crippen LogP contribution is 2.31. The van der Waals surface area contributed by atoms with E-state index >= 15 is 0 Å². The van der Waals surface area contributed by atoms with Crippen molar-refractivity contribution in [3.05, 3.63) is 30.1 Å². The number of halogens is 1. The van der Waals surface area contributed by atoms with Crippen molar-refractivity contribution < 1.29 is 21.2 Å². The Balaban J connectivity index is 1.71. The third kappa shape index (κ3) is 2.90. The van der Waals surface area contributed by atoms with Gasteiger partial charge in [-0.1, -0.05) is 0 Å². The Morgan fingerprint density at radius 2 is 1.36 bits per heavy atom. The molecule has 0 aromatic heterocycles. The van der Waals surface area contributed by atoms with E-state index in [-0.39, 0.29) is 36.3 Å². The molecule has 1 saturated carbocycles. The SMILES string of the molecule is O=S(=O)(c1ccc(F)cc1)N1CCN(S(=O)(=O)C2CC2)CC1. The lowest BCUT2D eigenvalue weighted by atomic mass is 10.4. The Morgan fingerprint density at radius 1 is 0.864 bits per heavy atom. The molecule has 0 bridgehead atoms. The molecule has 0 unspecified atom stereocenters. The molecule has 1 heterocycles. The predicted octanol–water partition coefficient (Wildman–Crippen LogP) is 0.624. The Bertz CT molecular complexity index is 750. The maximum absolute atomic E-state index is 12.9. The van der Waals surface area contributed by atoms with Crippen LogP contribution in [0.15, 0.2) is 29.2 Å². The summed E-state index contributed by atoms with van der Waals surface area (Å²) in [5, 5.41) is -0.284. The van der Waals surface area contributed by atoms with Crippen molar-refractivity contribution in [3.63, 3.8) is 0 Å². The maximum atomic E-state index is 12.9. The van der Waals surface area contributed by atoms with Gasteiger partial charge in [0, 0.05) is 26.2 Å². The highest BCUT2D eigenvalue weighted by molar-refractivity contribution is 7.90. The van der Waals surface area contributed by atoms with Crippen LogP contribution in [0.4, 0.5) is 4.39 Å². The molecule has 9 heteroatoms. The van der Waals surface area contributed by atoms with Gasteiger partial charge in [0.05, 0.1) is 10.1 Å². The summed E-state index contributed by atoms with van der Waals surface area (Å²) in [6.45, 7) is 0.565. The first-order valence-corrected chi connectivity index (χ1v) is 10.0. The number of hydrogen-bond donors (Lipinski definition) is 0. The van der Waals surface area contributed by atoms with Crippen LogP contribution < -0.4 is 0 Å². The topological polar surface area (TPSA) is 74.8 Å². The summed E-state index contributed by atoms with van der Waals surface area (Å²) in [5.41, 5.74) is 0. The van der Waals surface area contributed by atoms with Gasteiger partial charge >= 0.3 is 0 Å². The third-order valence-electron chi connectivity index (χ3n) is 3.95. The second-order valence-electron chi connectivity index (χ2n) is 5.50. The molecule has 1 saturated heterocycles. The Morgan fingerprint density at radius 3 is 1.86 bits per heavy atom. The normalized spacial score (nSPS) is 21.9. The van der Waals surface area contributed by atoms with E-state index in [2.05, 4.69) is 0 Å². The average molecular weight is 348 g/mol. The Labute approximate surface area is 129 Å². The van der Waals surface area contributed by atoms with E-state index in [4.69, 9.17) is 0 Å². The van der Waals surface area contributed by atoms with Crippen molar-refractivity contribution in [2.24, 2.45) is 0 Å². The summed E-state index contributed by atoms with van der Waals surface area (Å²) >= 11 is 0. The van der Waals surface area contributed by atoms with Crippen molar-refractivity contribution in [1.82, 2.24) is 8.61 Å². The largest absolute Gasteiger partial charge is 0.243 e. The van der Waals surface area contributed by atoms with Gasteiger partial charge in [0.2, 0.25) is 20.0 Å². The predicted molar refractivity (Wildman–Crippen MR) is 78.7 cm³/mol. The lowest BCUT2D eigenvalue weighted by Gasteiger charge is -2.33. The van der Waals surface area contributed by atoms with Gasteiger partial charge in [0.1, 0.15) is 5.82 Å². The maximum Gasteiger partial charge on any atom is 0.243 e. The van der Waals surface area contributed by atoms with Gasteiger partial charge in [-0.15, -0.1) is 0 Å². The van der Waals surface area contributed by atoms with Crippen LogP contribution in [0.2, 0.25) is 0 Å². The molecule has 0 amide bonds. The Hall–Kier alpha value is -1.03. The van der Waals surface area contributed by atoms with Crippen molar-refractivity contribution in [2.45, 2.75) is 23.0 Å². The molecule has 1 aliphatic carbocycles. The van der Waals surface area contributed by atoms with Gasteiger partial charge in [0.15, 0.2) is 0 Å². The summed E-state index contributed by atoms with van der Waals surface area (Å²) in [6, 6.07) is 4.64. The van der Waals surface area contributed by atoms with E-state index in [1.165, 1.54) is 20.7 Å². The zero-order valence-electron chi connectivity index (χ0n) is 11.9. The summed E-state index contributed by atoms with van der Waals surface area (Å²) in [7, 11) is -6.97. The van der Waals surface area contributed by atoms with Crippen LogP contribution in [0.3, 0.4) is 0 Å². The number of rotatable bonds is 4. The highest BCUT2D eigenvalue weighted by Gasteiger charge is 2.42. The quantitative estimate of drug-likeness (QED) is 0.800. The third-order valence-corrected chi connectivity index (χ3v) is 8.27. The van der Waals surface area contributed by atoms with Crippen LogP contribution in [-0.2, 0) is 20.0 Å². The molecule has 2 aliphatic rings. The van der Waals surface area contributed by atoms with Gasteiger partial charge < -0.3 is 0 Å². The molecule has 1 aromatic rings. The lowest BCUT2D eigenvalue weighted by molar-refractivity contribution is 0.272. The fourth-order valence-corrected chi connectivity index (χ4v) is 5.74. The fraction of sp³-hybridized carbons (Fsp3) is 0.538. The minimum atomic E-state index is -3.71. The first-order chi connectivity index (χ1) is 10.3. The van der Waals surface area contributed by atoms with Crippen LogP contribution in [0.25, 0.3) is 0 Å². The van der Waals surface area contributed by atoms with Gasteiger partial charge in [-0.25, -0.2) is 21.2 Å². The standard InChI is InChI=1S/C13H17FN2O4S2/c14-11-1-3-12(4-2-11)21(17,18)15-7-9-16(10-8-15)22(19,20)13-5-6-13/h1-4,13H,5-10H2. The number of sulfonamides is 2. The van der Waals surface area contributed by atoms with E-state index < -0.39 is 25.9 Å². The molecular formula is C13H17FN2O4S2. The first kappa shape index (κ1) is 15.9. The summed E-state index contributed by atoms with van der Waals surface area (Å²) in [5.74, 6) is -0.501. The summed E-state index contributed by atoms with van der Waals surface area (Å²) in [4.78, 5) is 0.0207. The van der Waals surface area contributed by atoms with Gasteiger partial charge in [0.25, 0.3) is 0 Å². The fourth-order valence-electron chi connectivity index (χ4n) is 2.50. The molecule has 6 nitrogen and oxygen atoms in total. The average Bonchev–Trinajstić information content (AvgIpc) is 3.33. The van der Waals surface area contributed by atoms with E-state index in [9.17, 15) is 21.2 Å². The molecule has 122 valence electrons. The van der Waals surface area contributed by atoms with E-state index in [1.54, 1.807) is 0 Å². The molecule has 22 heavy (non-hydrogen) atoms. The first-order valence-electron chi connectivity index (χ1n) is 7.06. The number of hydrogen-bond acceptors (Lipinski definition) is 4. The molecule has 2 fully saturated rings. The summed E-state index contributed by atoms with van der Waals surface area (Å²) < 4.78 is 64.7. The zero-order chi connectivity index (χ0) is 16.0. The summed E-state index contributed by atoms with van der Waals surface area (Å²) in [6.07, 6.45) is 1.38. The van der Waals surface area contributed by atoms with E-state index in [0.29, 0.717) is 12.8 Å². The highest BCUT2D eigenvalue weighted by atomic mass is 32.2. The number of piperazine rings is 1. The van der Waals surface area contributed by atoms with Crippen LogP contribution >= 0.6 is 0 Å². The second-order valence-corrected chi connectivity index (χ2v) is 9.65. The van der Waals surface area contributed by atoms with E-state index in [1.807, 2.05) is 0 Å². The smallest absolute Gasteiger partial charge is 0.212 e. The van der Waals surface area contributed by atoms with Crippen molar-refractivity contribution in [1.29, 1.82) is 0 Å². The monoisotopic (exact) mass is 348 g/mol. The van der Waals surface area contributed by atoms with Crippen LogP contribution in [0.5, 0.6) is 0 Å². The van der Waals surface area contributed by atoms with Crippen molar-refractivity contribution in [3.8, 4) is 0 Å². The second kappa shape index (κ2) is 5.55. The molecule has 0 atom stereocenters.